The minimum atomic E-state index is -5.70. The van der Waals surface area contributed by atoms with E-state index in [2.05, 4.69) is 45.1 Å². The Morgan fingerprint density at radius 3 is 1.15 bits per heavy atom. The van der Waals surface area contributed by atoms with Gasteiger partial charge in [0.1, 0.15) is 98.7 Å². The molecule has 24 nitrogen and oxygen atoms in total. The smallest absolute Gasteiger partial charge is 0.463 e. The lowest BCUT2D eigenvalue weighted by Gasteiger charge is -2.49. The van der Waals surface area contributed by atoms with E-state index in [0.717, 1.165) is 89.9 Å². The van der Waals surface area contributed by atoms with E-state index in [1.54, 1.807) is 0 Å². The third-order valence-corrected chi connectivity index (χ3v) is 18.9. The highest BCUT2D eigenvalue weighted by atomic mass is 31.2. The summed E-state index contributed by atoms with van der Waals surface area (Å²) >= 11 is 0. The number of esters is 3. The first-order valence-electron chi connectivity index (χ1n) is 36.6. The van der Waals surface area contributed by atoms with Crippen molar-refractivity contribution in [3.63, 3.8) is 0 Å². The number of hydrogen-bond acceptors (Lipinski definition) is 23. The fourth-order valence-corrected chi connectivity index (χ4v) is 12.9. The van der Waals surface area contributed by atoms with E-state index in [0.29, 0.717) is 25.7 Å². The van der Waals surface area contributed by atoms with Gasteiger partial charge < -0.3 is 89.1 Å². The standard InChI is InChI=1S/C70H127O24P/c1-4-7-10-13-16-19-22-25-27-30-33-35-38-41-44-54(72)86-48-51(89-56(74)46-43-40-37-34-31-28-26-23-20-17-14-11-8-5-2)49-88-95(84,85)94-68-66(92-69-64(82)59(77)57(75)52(47-71)90-69)62(80)61(79)63(81)67(68)93-70-65(83)60(78)58(76)53(91-70)50-87-55(73)45-42-39-36-32-29-24-21-18-15-12-9-6-3/h27-28,30-31,51-53,57-71,75-83H,4-26,29,32-50H2,1-3H3,(H,84,85)/b30-27-,31-28-. The number of aliphatic hydroxyl groups excluding tert-OH is 10. The molecular weight excluding hydrogens is 1260 g/mol. The molecule has 0 amide bonds. The number of hydrogen-bond donors (Lipinski definition) is 11. The maximum atomic E-state index is 14.3. The summed E-state index contributed by atoms with van der Waals surface area (Å²) in [6, 6.07) is 0. The molecule has 11 N–H and O–H groups in total. The Morgan fingerprint density at radius 1 is 0.400 bits per heavy atom. The third-order valence-electron chi connectivity index (χ3n) is 18.0. The minimum Gasteiger partial charge on any atom is -0.463 e. The van der Waals surface area contributed by atoms with Crippen LogP contribution in [-0.4, -0.2) is 204 Å². The molecule has 1 saturated carbocycles. The molecule has 25 heteroatoms. The molecule has 2 saturated heterocycles. The summed E-state index contributed by atoms with van der Waals surface area (Å²) in [5.74, 6) is -2.03. The monoisotopic (exact) mass is 1380 g/mol. The summed E-state index contributed by atoms with van der Waals surface area (Å²) in [6.07, 6.45) is 11.2. The summed E-state index contributed by atoms with van der Waals surface area (Å²) in [4.78, 5) is 50.9. The Balaban J connectivity index is 1.76. The second-order valence-corrected chi connectivity index (χ2v) is 27.7. The Labute approximate surface area is 566 Å². The summed E-state index contributed by atoms with van der Waals surface area (Å²) in [6.45, 7) is 3.38. The Morgan fingerprint density at radius 2 is 0.737 bits per heavy atom. The number of carbonyl (C=O) groups is 3. The van der Waals surface area contributed by atoms with Gasteiger partial charge in [-0.15, -0.1) is 0 Å². The largest absolute Gasteiger partial charge is 0.472 e. The molecule has 1 aliphatic carbocycles. The van der Waals surface area contributed by atoms with Gasteiger partial charge >= 0.3 is 25.7 Å². The normalized spacial score (nSPS) is 28.2. The van der Waals surface area contributed by atoms with E-state index < -0.39 is 156 Å². The number of ether oxygens (including phenoxy) is 7. The highest BCUT2D eigenvalue weighted by molar-refractivity contribution is 7.47. The predicted molar refractivity (Wildman–Crippen MR) is 356 cm³/mol. The van der Waals surface area contributed by atoms with Crippen LogP contribution in [0.25, 0.3) is 0 Å². The van der Waals surface area contributed by atoms with Crippen LogP contribution in [0.4, 0.5) is 0 Å². The van der Waals surface area contributed by atoms with E-state index in [4.69, 9.17) is 42.2 Å². The molecule has 18 atom stereocenters. The molecule has 0 radical (unpaired) electrons. The zero-order valence-corrected chi connectivity index (χ0v) is 58.6. The number of phosphoric acid groups is 1. The first-order chi connectivity index (χ1) is 45.8. The SMILES string of the molecule is CCCCCCCCC/C=C\CCCCCC(=O)OCC(COP(=O)(O)OC1C(OC2OC(CO)C(O)C(O)C2O)C(O)C(O)C(O)C1OC1OC(COC(=O)CCCCCCCCCCCCCC)C(O)C(O)C1O)OC(=O)CCCCC/C=C\CCCCCCCCC. The topological polar surface area (TPSA) is 374 Å². The Kier molecular flexibility index (Phi) is 47.8. The molecule has 18 unspecified atom stereocenters. The molecule has 0 aromatic carbocycles. The quantitative estimate of drug-likeness (QED) is 0.00887. The van der Waals surface area contributed by atoms with Gasteiger partial charge in [0.15, 0.2) is 18.7 Å². The first-order valence-corrected chi connectivity index (χ1v) is 38.1. The van der Waals surface area contributed by atoms with Crippen LogP contribution in [0.15, 0.2) is 24.3 Å². The van der Waals surface area contributed by atoms with E-state index >= 15 is 0 Å². The predicted octanol–water partition coefficient (Wildman–Crippen LogP) is 9.35. The summed E-state index contributed by atoms with van der Waals surface area (Å²) < 4.78 is 64.9. The van der Waals surface area contributed by atoms with Crippen molar-refractivity contribution in [2.75, 3.05) is 26.4 Å². The van der Waals surface area contributed by atoms with E-state index in [9.17, 15) is 74.9 Å². The number of allylic oxidation sites excluding steroid dienone is 4. The zero-order chi connectivity index (χ0) is 69.6. The van der Waals surface area contributed by atoms with E-state index in [-0.39, 0.29) is 19.3 Å². The van der Waals surface area contributed by atoms with Crippen LogP contribution >= 0.6 is 7.82 Å². The Bertz CT molecular complexity index is 2070. The van der Waals surface area contributed by atoms with Crippen molar-refractivity contribution in [2.45, 2.75) is 375 Å². The van der Waals surface area contributed by atoms with Crippen molar-refractivity contribution in [1.29, 1.82) is 0 Å². The van der Waals surface area contributed by atoms with E-state index in [1.165, 1.54) is 116 Å². The van der Waals surface area contributed by atoms with Crippen molar-refractivity contribution in [3.05, 3.63) is 24.3 Å². The van der Waals surface area contributed by atoms with Crippen LogP contribution < -0.4 is 0 Å². The number of phosphoric ester groups is 1. The van der Waals surface area contributed by atoms with Crippen LogP contribution in [0, 0.1) is 0 Å². The van der Waals surface area contributed by atoms with E-state index in [1.807, 2.05) is 0 Å². The zero-order valence-electron chi connectivity index (χ0n) is 57.7. The molecule has 3 aliphatic rings. The van der Waals surface area contributed by atoms with Crippen LogP contribution in [0.3, 0.4) is 0 Å². The number of unbranched alkanes of at least 4 members (excludes halogenated alkanes) is 31. The summed E-state index contributed by atoms with van der Waals surface area (Å²) in [5, 5.41) is 110. The van der Waals surface area contributed by atoms with Gasteiger partial charge in [-0.3, -0.25) is 23.4 Å². The van der Waals surface area contributed by atoms with Crippen molar-refractivity contribution < 1.29 is 117 Å². The van der Waals surface area contributed by atoms with Crippen molar-refractivity contribution >= 4 is 25.7 Å². The van der Waals surface area contributed by atoms with Crippen LogP contribution in [0.2, 0.25) is 0 Å². The van der Waals surface area contributed by atoms with Gasteiger partial charge in [0.25, 0.3) is 0 Å². The molecule has 3 rings (SSSR count). The average molecular weight is 1380 g/mol. The van der Waals surface area contributed by atoms with Crippen LogP contribution in [0.1, 0.15) is 271 Å². The molecule has 0 aromatic rings. The van der Waals surface area contributed by atoms with Gasteiger partial charge in [-0.05, 0) is 70.6 Å². The lowest BCUT2D eigenvalue weighted by atomic mass is 9.84. The van der Waals surface area contributed by atoms with Gasteiger partial charge in [-0.1, -0.05) is 206 Å². The maximum Gasteiger partial charge on any atom is 0.472 e. The number of rotatable bonds is 56. The van der Waals surface area contributed by atoms with Crippen molar-refractivity contribution in [1.82, 2.24) is 0 Å². The molecule has 0 aromatic heterocycles. The van der Waals surface area contributed by atoms with Crippen molar-refractivity contribution in [3.8, 4) is 0 Å². The third kappa shape index (κ3) is 36.1. The fraction of sp³-hybridized carbons (Fsp3) is 0.900. The molecule has 0 bridgehead atoms. The molecule has 3 fully saturated rings. The molecule has 0 spiro atoms. The second-order valence-electron chi connectivity index (χ2n) is 26.3. The van der Waals surface area contributed by atoms with Crippen molar-refractivity contribution in [2.24, 2.45) is 0 Å². The number of aliphatic hydroxyl groups is 10. The molecular formula is C70H127O24P. The average Bonchev–Trinajstić information content (AvgIpc) is 0.766. The molecule has 2 aliphatic heterocycles. The minimum absolute atomic E-state index is 0.0224. The highest BCUT2D eigenvalue weighted by Gasteiger charge is 2.58. The first kappa shape index (κ1) is 86.7. The van der Waals surface area contributed by atoms with Crippen LogP contribution in [0.5, 0.6) is 0 Å². The lowest BCUT2D eigenvalue weighted by molar-refractivity contribution is -0.360. The summed E-state index contributed by atoms with van der Waals surface area (Å²) in [5.41, 5.74) is 0. The number of carbonyl (C=O) groups excluding carboxylic acids is 3. The van der Waals surface area contributed by atoms with Gasteiger partial charge in [0, 0.05) is 19.3 Å². The lowest BCUT2D eigenvalue weighted by Crippen LogP contribution is -2.69. The fourth-order valence-electron chi connectivity index (χ4n) is 11.9. The Hall–Kier alpha value is -2.56. The highest BCUT2D eigenvalue weighted by Crippen LogP contribution is 2.49. The molecule has 2 heterocycles. The van der Waals surface area contributed by atoms with Gasteiger partial charge in [-0.2, -0.15) is 0 Å². The summed E-state index contributed by atoms with van der Waals surface area (Å²) in [7, 11) is -5.70. The second kappa shape index (κ2) is 52.4. The van der Waals surface area contributed by atoms with Crippen LogP contribution in [-0.2, 0) is 61.2 Å². The van der Waals surface area contributed by atoms with Gasteiger partial charge in [0.05, 0.1) is 13.2 Å². The van der Waals surface area contributed by atoms with Gasteiger partial charge in [-0.25, -0.2) is 4.57 Å². The molecule has 95 heavy (non-hydrogen) atoms. The molecule has 556 valence electrons. The maximum absolute atomic E-state index is 14.3. The van der Waals surface area contributed by atoms with Gasteiger partial charge in [0.2, 0.25) is 0 Å².